The lowest BCUT2D eigenvalue weighted by Gasteiger charge is -2.16. The second-order valence-corrected chi connectivity index (χ2v) is 4.76. The maximum absolute atomic E-state index is 9.62. The Morgan fingerprint density at radius 2 is 2.10 bits per heavy atom. The predicted octanol–water partition coefficient (Wildman–Crippen LogP) is 1.70. The fourth-order valence-electron chi connectivity index (χ4n) is 2.35. The van der Waals surface area contributed by atoms with Gasteiger partial charge in [-0.25, -0.2) is 4.98 Å². The predicted molar refractivity (Wildman–Crippen MR) is 76.7 cm³/mol. The molecule has 20 heavy (non-hydrogen) atoms. The normalized spacial score (nSPS) is 12.3. The summed E-state index contributed by atoms with van der Waals surface area (Å²) < 4.78 is 7.22. The molecule has 5 nitrogen and oxygen atoms in total. The third-order valence-electron chi connectivity index (χ3n) is 3.43. The van der Waals surface area contributed by atoms with Gasteiger partial charge in [-0.15, -0.1) is 0 Å². The molecule has 1 heterocycles. The summed E-state index contributed by atoms with van der Waals surface area (Å²) in [6.45, 7) is 2.95. The van der Waals surface area contributed by atoms with Crippen LogP contribution in [0.3, 0.4) is 0 Å². The van der Waals surface area contributed by atoms with Crippen LogP contribution < -0.4 is 4.74 Å². The third-order valence-corrected chi connectivity index (χ3v) is 3.43. The smallest absolute Gasteiger partial charge is 0.138 e. The number of rotatable bonds is 7. The number of aliphatic hydroxyl groups excluding tert-OH is 1. The quantitative estimate of drug-likeness (QED) is 0.835. The number of benzene rings is 1. The van der Waals surface area contributed by atoms with Crippen molar-refractivity contribution in [2.24, 2.45) is 5.92 Å². The summed E-state index contributed by atoms with van der Waals surface area (Å²) >= 11 is 0. The van der Waals surface area contributed by atoms with Crippen LogP contribution in [-0.4, -0.2) is 33.6 Å². The van der Waals surface area contributed by atoms with E-state index in [2.05, 4.69) is 10.1 Å². The molecule has 0 bridgehead atoms. The summed E-state index contributed by atoms with van der Waals surface area (Å²) in [5, 5.41) is 13.8. The van der Waals surface area contributed by atoms with Gasteiger partial charge in [0.2, 0.25) is 0 Å². The maximum atomic E-state index is 9.62. The molecule has 1 aromatic heterocycles. The van der Waals surface area contributed by atoms with Gasteiger partial charge in [0, 0.05) is 19.6 Å². The largest absolute Gasteiger partial charge is 0.496 e. The van der Waals surface area contributed by atoms with Gasteiger partial charge < -0.3 is 9.84 Å². The SMILES string of the molecule is CCn1ncnc1CC(CO)Cc1ccccc1OC. The lowest BCUT2D eigenvalue weighted by molar-refractivity contribution is 0.221. The van der Waals surface area contributed by atoms with Crippen molar-refractivity contribution in [3.8, 4) is 5.75 Å². The maximum Gasteiger partial charge on any atom is 0.138 e. The van der Waals surface area contributed by atoms with Crippen molar-refractivity contribution in [3.05, 3.63) is 42.0 Å². The standard InChI is InChI=1S/C15H21N3O2/c1-3-18-15(16-11-17-18)9-12(10-19)8-13-6-4-5-7-14(13)20-2/h4-7,11-12,19H,3,8-10H2,1-2H3. The summed E-state index contributed by atoms with van der Waals surface area (Å²) in [5.41, 5.74) is 1.11. The first-order valence-electron chi connectivity index (χ1n) is 6.87. The van der Waals surface area contributed by atoms with Crippen molar-refractivity contribution in [1.82, 2.24) is 14.8 Å². The number of aryl methyl sites for hydroxylation is 1. The Morgan fingerprint density at radius 1 is 1.30 bits per heavy atom. The van der Waals surface area contributed by atoms with Crippen molar-refractivity contribution in [3.63, 3.8) is 0 Å². The molecule has 0 saturated heterocycles. The van der Waals surface area contributed by atoms with E-state index in [4.69, 9.17) is 4.74 Å². The topological polar surface area (TPSA) is 60.2 Å². The van der Waals surface area contributed by atoms with E-state index in [1.807, 2.05) is 35.9 Å². The number of hydrogen-bond acceptors (Lipinski definition) is 4. The molecule has 1 aromatic carbocycles. The average Bonchev–Trinajstić information content (AvgIpc) is 2.94. The molecule has 0 radical (unpaired) electrons. The van der Waals surface area contributed by atoms with Crippen LogP contribution in [0.4, 0.5) is 0 Å². The van der Waals surface area contributed by atoms with Gasteiger partial charge in [0.05, 0.1) is 7.11 Å². The Morgan fingerprint density at radius 3 is 2.80 bits per heavy atom. The summed E-state index contributed by atoms with van der Waals surface area (Å²) in [5.74, 6) is 1.89. The fourth-order valence-corrected chi connectivity index (χ4v) is 2.35. The Kier molecular flexibility index (Phi) is 5.12. The molecule has 5 heteroatoms. The lowest BCUT2D eigenvalue weighted by atomic mass is 9.96. The van der Waals surface area contributed by atoms with Crippen molar-refractivity contribution in [2.75, 3.05) is 13.7 Å². The van der Waals surface area contributed by atoms with Gasteiger partial charge in [0.25, 0.3) is 0 Å². The zero-order chi connectivity index (χ0) is 14.4. The molecular weight excluding hydrogens is 254 g/mol. The molecule has 0 aliphatic heterocycles. The van der Waals surface area contributed by atoms with Gasteiger partial charge >= 0.3 is 0 Å². The van der Waals surface area contributed by atoms with Crippen molar-refractivity contribution >= 4 is 0 Å². The molecule has 0 aliphatic rings. The second-order valence-electron chi connectivity index (χ2n) is 4.76. The molecule has 1 unspecified atom stereocenters. The molecule has 0 amide bonds. The molecule has 0 saturated carbocycles. The van der Waals surface area contributed by atoms with Crippen LogP contribution >= 0.6 is 0 Å². The Bertz CT molecular complexity index is 539. The molecule has 0 aliphatic carbocycles. The fraction of sp³-hybridized carbons (Fsp3) is 0.467. The van der Waals surface area contributed by atoms with E-state index in [9.17, 15) is 5.11 Å². The number of hydrogen-bond donors (Lipinski definition) is 1. The highest BCUT2D eigenvalue weighted by molar-refractivity contribution is 5.33. The van der Waals surface area contributed by atoms with E-state index in [-0.39, 0.29) is 12.5 Å². The number of ether oxygens (including phenoxy) is 1. The first-order chi connectivity index (χ1) is 9.78. The Balaban J connectivity index is 2.09. The van der Waals surface area contributed by atoms with E-state index < -0.39 is 0 Å². The Labute approximate surface area is 119 Å². The van der Waals surface area contributed by atoms with Gasteiger partial charge in [-0.2, -0.15) is 5.10 Å². The summed E-state index contributed by atoms with van der Waals surface area (Å²) in [6, 6.07) is 7.91. The van der Waals surface area contributed by atoms with E-state index in [1.54, 1.807) is 13.4 Å². The molecule has 1 atom stereocenters. The van der Waals surface area contributed by atoms with Crippen molar-refractivity contribution < 1.29 is 9.84 Å². The van der Waals surface area contributed by atoms with E-state index >= 15 is 0 Å². The van der Waals surface area contributed by atoms with Crippen LogP contribution in [0.5, 0.6) is 5.75 Å². The molecule has 1 N–H and O–H groups in total. The monoisotopic (exact) mass is 275 g/mol. The summed E-state index contributed by atoms with van der Waals surface area (Å²) in [4.78, 5) is 4.27. The van der Waals surface area contributed by atoms with Gasteiger partial charge in [-0.1, -0.05) is 18.2 Å². The van der Waals surface area contributed by atoms with Crippen molar-refractivity contribution in [2.45, 2.75) is 26.3 Å². The van der Waals surface area contributed by atoms with Crippen molar-refractivity contribution in [1.29, 1.82) is 0 Å². The summed E-state index contributed by atoms with van der Waals surface area (Å²) in [6.07, 6.45) is 3.04. The number of aliphatic hydroxyl groups is 1. The minimum atomic E-state index is 0.112. The highest BCUT2D eigenvalue weighted by Gasteiger charge is 2.15. The van der Waals surface area contributed by atoms with Gasteiger partial charge in [-0.05, 0) is 30.9 Å². The number of aromatic nitrogens is 3. The number of para-hydroxylation sites is 1. The molecule has 0 fully saturated rings. The minimum Gasteiger partial charge on any atom is -0.496 e. The molecule has 2 rings (SSSR count). The van der Waals surface area contributed by atoms with Gasteiger partial charge in [0.1, 0.15) is 17.9 Å². The van der Waals surface area contributed by atoms with Crippen LogP contribution in [0.15, 0.2) is 30.6 Å². The Hall–Kier alpha value is -1.88. The minimum absolute atomic E-state index is 0.112. The number of methoxy groups -OCH3 is 1. The number of nitrogens with zero attached hydrogens (tertiary/aromatic N) is 3. The first kappa shape index (κ1) is 14.5. The second kappa shape index (κ2) is 7.05. The van der Waals surface area contributed by atoms with E-state index in [1.165, 1.54) is 0 Å². The van der Waals surface area contributed by atoms with Gasteiger partial charge in [-0.3, -0.25) is 4.68 Å². The van der Waals surface area contributed by atoms with Crippen LogP contribution in [-0.2, 0) is 19.4 Å². The highest BCUT2D eigenvalue weighted by Crippen LogP contribution is 2.22. The van der Waals surface area contributed by atoms with Crippen LogP contribution in [0.2, 0.25) is 0 Å². The molecular formula is C15H21N3O2. The zero-order valence-corrected chi connectivity index (χ0v) is 12.0. The molecule has 2 aromatic rings. The van der Waals surface area contributed by atoms with E-state index in [0.717, 1.165) is 30.1 Å². The zero-order valence-electron chi connectivity index (χ0n) is 12.0. The molecule has 108 valence electrons. The van der Waals surface area contributed by atoms with Gasteiger partial charge in [0.15, 0.2) is 0 Å². The van der Waals surface area contributed by atoms with Crippen LogP contribution in [0.1, 0.15) is 18.3 Å². The molecule has 0 spiro atoms. The lowest BCUT2D eigenvalue weighted by Crippen LogP contribution is -2.17. The summed E-state index contributed by atoms with van der Waals surface area (Å²) in [7, 11) is 1.67. The first-order valence-corrected chi connectivity index (χ1v) is 6.87. The average molecular weight is 275 g/mol. The van der Waals surface area contributed by atoms with E-state index in [0.29, 0.717) is 6.42 Å². The van der Waals surface area contributed by atoms with Crippen LogP contribution in [0, 0.1) is 5.92 Å². The van der Waals surface area contributed by atoms with Crippen LogP contribution in [0.25, 0.3) is 0 Å². The third kappa shape index (κ3) is 3.36. The highest BCUT2D eigenvalue weighted by atomic mass is 16.5.